The van der Waals surface area contributed by atoms with Gasteiger partial charge in [-0.25, -0.2) is 0 Å². The van der Waals surface area contributed by atoms with E-state index in [0.717, 1.165) is 13.0 Å². The summed E-state index contributed by atoms with van der Waals surface area (Å²) < 4.78 is 0. The van der Waals surface area contributed by atoms with Crippen LogP contribution in [0.2, 0.25) is 0 Å². The molecule has 5 nitrogen and oxygen atoms in total. The van der Waals surface area contributed by atoms with Crippen molar-refractivity contribution < 1.29 is 4.79 Å². The number of benzene rings is 1. The minimum atomic E-state index is -0.0338. The second-order valence-corrected chi connectivity index (χ2v) is 5.39. The van der Waals surface area contributed by atoms with Gasteiger partial charge in [0.25, 0.3) is 5.91 Å². The summed E-state index contributed by atoms with van der Waals surface area (Å²) in [6.07, 6.45) is 0.902. The Balaban J connectivity index is 1.79. The molecular weight excluding hydrogens is 260 g/mol. The highest BCUT2D eigenvalue weighted by molar-refractivity contribution is 7.17. The number of fused-ring (bicyclic) bond motifs is 1. The van der Waals surface area contributed by atoms with E-state index in [0.29, 0.717) is 16.7 Å². The Labute approximate surface area is 115 Å². The van der Waals surface area contributed by atoms with E-state index in [4.69, 9.17) is 0 Å². The zero-order chi connectivity index (χ0) is 13.2. The Morgan fingerprint density at radius 1 is 1.32 bits per heavy atom. The molecule has 2 heterocycles. The highest BCUT2D eigenvalue weighted by atomic mass is 32.1. The largest absolute Gasteiger partial charge is 0.363 e. The summed E-state index contributed by atoms with van der Waals surface area (Å²) >= 11 is 1.29. The standard InChI is InChI=1S/C13H14N4OS/c1-14-13-16-15-11(19-13)12(18)17-7-6-9-4-2-3-5-10(9)8-17/h2-5H,6-8H2,1H3,(H,14,16). The first-order valence-electron chi connectivity index (χ1n) is 6.15. The van der Waals surface area contributed by atoms with Gasteiger partial charge in [0.05, 0.1) is 0 Å². The fraction of sp³-hybridized carbons (Fsp3) is 0.308. The van der Waals surface area contributed by atoms with Crippen LogP contribution in [0.4, 0.5) is 5.13 Å². The number of aromatic nitrogens is 2. The number of hydrogen-bond acceptors (Lipinski definition) is 5. The Morgan fingerprint density at radius 3 is 2.84 bits per heavy atom. The third-order valence-electron chi connectivity index (χ3n) is 3.24. The quantitative estimate of drug-likeness (QED) is 0.907. The van der Waals surface area contributed by atoms with Gasteiger partial charge in [0.1, 0.15) is 0 Å². The minimum absolute atomic E-state index is 0.0338. The van der Waals surface area contributed by atoms with Gasteiger partial charge in [-0.2, -0.15) is 0 Å². The van der Waals surface area contributed by atoms with E-state index in [1.807, 2.05) is 17.0 Å². The summed E-state index contributed by atoms with van der Waals surface area (Å²) in [5.74, 6) is -0.0338. The summed E-state index contributed by atoms with van der Waals surface area (Å²) in [5.41, 5.74) is 2.56. The van der Waals surface area contributed by atoms with Gasteiger partial charge in [-0.3, -0.25) is 4.79 Å². The van der Waals surface area contributed by atoms with Crippen molar-refractivity contribution >= 4 is 22.4 Å². The van der Waals surface area contributed by atoms with Gasteiger partial charge in [-0.15, -0.1) is 10.2 Å². The number of nitrogens with one attached hydrogen (secondary N) is 1. The maximum Gasteiger partial charge on any atom is 0.285 e. The van der Waals surface area contributed by atoms with E-state index < -0.39 is 0 Å². The zero-order valence-corrected chi connectivity index (χ0v) is 11.4. The van der Waals surface area contributed by atoms with Gasteiger partial charge in [0.15, 0.2) is 0 Å². The lowest BCUT2D eigenvalue weighted by molar-refractivity contribution is 0.0733. The average Bonchev–Trinajstić information content (AvgIpc) is 2.95. The molecule has 0 atom stereocenters. The number of rotatable bonds is 2. The van der Waals surface area contributed by atoms with Gasteiger partial charge in [-0.05, 0) is 17.5 Å². The number of anilines is 1. The smallest absolute Gasteiger partial charge is 0.285 e. The van der Waals surface area contributed by atoms with Crippen molar-refractivity contribution in [3.63, 3.8) is 0 Å². The molecule has 0 radical (unpaired) electrons. The highest BCUT2D eigenvalue weighted by Gasteiger charge is 2.24. The number of nitrogens with zero attached hydrogens (tertiary/aromatic N) is 3. The van der Waals surface area contributed by atoms with Crippen LogP contribution in [-0.2, 0) is 13.0 Å². The fourth-order valence-electron chi connectivity index (χ4n) is 2.22. The van der Waals surface area contributed by atoms with Crippen LogP contribution >= 0.6 is 11.3 Å². The van der Waals surface area contributed by atoms with Crippen LogP contribution in [0.15, 0.2) is 24.3 Å². The van der Waals surface area contributed by atoms with Crippen LogP contribution in [0.3, 0.4) is 0 Å². The lowest BCUT2D eigenvalue weighted by atomic mass is 10.00. The molecule has 0 bridgehead atoms. The number of carbonyl (C=O) groups excluding carboxylic acids is 1. The van der Waals surface area contributed by atoms with Gasteiger partial charge in [-0.1, -0.05) is 35.6 Å². The minimum Gasteiger partial charge on any atom is -0.363 e. The van der Waals surface area contributed by atoms with Crippen molar-refractivity contribution in [2.24, 2.45) is 0 Å². The maximum atomic E-state index is 12.3. The molecule has 0 aliphatic carbocycles. The van der Waals surface area contributed by atoms with E-state index in [1.165, 1.54) is 22.5 Å². The number of hydrogen-bond donors (Lipinski definition) is 1. The molecule has 1 amide bonds. The summed E-state index contributed by atoms with van der Waals surface area (Å²) in [5, 5.41) is 11.8. The molecule has 0 fully saturated rings. The van der Waals surface area contributed by atoms with Gasteiger partial charge < -0.3 is 10.2 Å². The lowest BCUT2D eigenvalue weighted by Gasteiger charge is -2.27. The normalized spacial score (nSPS) is 14.1. The first kappa shape index (κ1) is 12.1. The van der Waals surface area contributed by atoms with E-state index in [-0.39, 0.29) is 5.91 Å². The lowest BCUT2D eigenvalue weighted by Crippen LogP contribution is -2.35. The zero-order valence-electron chi connectivity index (χ0n) is 10.6. The summed E-state index contributed by atoms with van der Waals surface area (Å²) in [6.45, 7) is 1.40. The number of amides is 1. The van der Waals surface area contributed by atoms with E-state index in [1.54, 1.807) is 7.05 Å². The van der Waals surface area contributed by atoms with Crippen LogP contribution in [-0.4, -0.2) is 34.6 Å². The Hall–Kier alpha value is -1.95. The van der Waals surface area contributed by atoms with Crippen LogP contribution in [0.5, 0.6) is 0 Å². The fourth-order valence-corrected chi connectivity index (χ4v) is 2.88. The topological polar surface area (TPSA) is 58.1 Å². The van der Waals surface area contributed by atoms with Crippen LogP contribution in [0.25, 0.3) is 0 Å². The van der Waals surface area contributed by atoms with Crippen molar-refractivity contribution in [1.82, 2.24) is 15.1 Å². The molecule has 1 N–H and O–H groups in total. The highest BCUT2D eigenvalue weighted by Crippen LogP contribution is 2.22. The molecule has 1 aromatic carbocycles. The van der Waals surface area contributed by atoms with Crippen molar-refractivity contribution in [2.45, 2.75) is 13.0 Å². The molecule has 98 valence electrons. The third kappa shape index (κ3) is 2.31. The van der Waals surface area contributed by atoms with Crippen molar-refractivity contribution in [2.75, 3.05) is 18.9 Å². The van der Waals surface area contributed by atoms with Crippen LogP contribution in [0, 0.1) is 0 Å². The first-order valence-corrected chi connectivity index (χ1v) is 6.97. The van der Waals surface area contributed by atoms with Gasteiger partial charge >= 0.3 is 0 Å². The van der Waals surface area contributed by atoms with Gasteiger partial charge in [0, 0.05) is 20.1 Å². The van der Waals surface area contributed by atoms with Gasteiger partial charge in [0.2, 0.25) is 10.1 Å². The summed E-state index contributed by atoms with van der Waals surface area (Å²) in [6, 6.07) is 8.26. The summed E-state index contributed by atoms with van der Waals surface area (Å²) in [4.78, 5) is 14.2. The Kier molecular flexibility index (Phi) is 3.16. The Morgan fingerprint density at radius 2 is 2.11 bits per heavy atom. The molecule has 0 saturated carbocycles. The second-order valence-electron chi connectivity index (χ2n) is 4.41. The molecule has 0 saturated heterocycles. The molecule has 2 aromatic rings. The van der Waals surface area contributed by atoms with E-state index >= 15 is 0 Å². The van der Waals surface area contributed by atoms with Crippen molar-refractivity contribution in [3.05, 3.63) is 40.4 Å². The molecule has 0 unspecified atom stereocenters. The molecule has 19 heavy (non-hydrogen) atoms. The van der Waals surface area contributed by atoms with Crippen molar-refractivity contribution in [1.29, 1.82) is 0 Å². The van der Waals surface area contributed by atoms with E-state index in [2.05, 4.69) is 27.6 Å². The molecule has 1 aromatic heterocycles. The predicted octanol–water partition coefficient (Wildman–Crippen LogP) is 1.78. The maximum absolute atomic E-state index is 12.3. The molecule has 6 heteroatoms. The number of carbonyl (C=O) groups is 1. The average molecular weight is 274 g/mol. The molecule has 1 aliphatic rings. The molecule has 3 rings (SSSR count). The first-order chi connectivity index (χ1) is 9.28. The molecule has 1 aliphatic heterocycles. The predicted molar refractivity (Wildman–Crippen MR) is 74.3 cm³/mol. The summed E-state index contributed by atoms with van der Waals surface area (Å²) in [7, 11) is 1.77. The Bertz CT molecular complexity index is 610. The van der Waals surface area contributed by atoms with Crippen LogP contribution < -0.4 is 5.32 Å². The monoisotopic (exact) mass is 274 g/mol. The van der Waals surface area contributed by atoms with Crippen molar-refractivity contribution in [3.8, 4) is 0 Å². The second kappa shape index (κ2) is 4.97. The SMILES string of the molecule is CNc1nnc(C(=O)N2CCc3ccccc3C2)s1. The van der Waals surface area contributed by atoms with Crippen LogP contribution in [0.1, 0.15) is 20.9 Å². The molecule has 0 spiro atoms. The molecular formula is C13H14N4OS. The third-order valence-corrected chi connectivity index (χ3v) is 4.17. The van der Waals surface area contributed by atoms with E-state index in [9.17, 15) is 4.79 Å².